The Balaban J connectivity index is 2.22. The molecule has 5 heteroatoms. The van der Waals surface area contributed by atoms with Crippen LogP contribution < -0.4 is 0 Å². The van der Waals surface area contributed by atoms with Gasteiger partial charge in [0.1, 0.15) is 5.82 Å². The Morgan fingerprint density at radius 3 is 3.13 bits per heavy atom. The molecule has 0 aromatic carbocycles. The van der Waals surface area contributed by atoms with E-state index in [1.54, 1.807) is 6.20 Å². The number of nitrogens with zero attached hydrogens (tertiary/aromatic N) is 4. The monoisotopic (exact) mass is 199 g/mol. The van der Waals surface area contributed by atoms with Gasteiger partial charge in [-0.15, -0.1) is 10.2 Å². The molecule has 3 aromatic heterocycles. The van der Waals surface area contributed by atoms with Gasteiger partial charge in [-0.2, -0.15) is 0 Å². The van der Waals surface area contributed by atoms with Crippen LogP contribution in [0, 0.1) is 0 Å². The Labute approximate surface area is 85.2 Å². The molecule has 3 heterocycles. The first kappa shape index (κ1) is 7.39. The number of H-pyrrole nitrogens is 1. The number of rotatable bonds is 1. The fourth-order valence-corrected chi connectivity index (χ4v) is 2.00. The van der Waals surface area contributed by atoms with Crippen molar-refractivity contribution in [2.75, 3.05) is 0 Å². The van der Waals surface area contributed by atoms with E-state index in [9.17, 15) is 0 Å². The van der Waals surface area contributed by atoms with Crippen molar-refractivity contribution in [1.29, 1.82) is 0 Å². The minimum atomic E-state index is 0.598. The summed E-state index contributed by atoms with van der Waals surface area (Å²) in [4.78, 5) is 7.38. The summed E-state index contributed by atoms with van der Waals surface area (Å²) in [6.07, 6.45) is 6.12. The van der Waals surface area contributed by atoms with Crippen LogP contribution in [0.5, 0.6) is 0 Å². The predicted octanol–water partition coefficient (Wildman–Crippen LogP) is 1.48. The van der Waals surface area contributed by atoms with Gasteiger partial charge in [0, 0.05) is 12.1 Å². The zero-order valence-electron chi connectivity index (χ0n) is 8.01. The third kappa shape index (κ3) is 0.895. The van der Waals surface area contributed by atoms with E-state index >= 15 is 0 Å². The van der Waals surface area contributed by atoms with Gasteiger partial charge in [-0.1, -0.05) is 0 Å². The number of aromatic amines is 1. The Morgan fingerprint density at radius 1 is 1.33 bits per heavy atom. The first-order chi connectivity index (χ1) is 7.43. The maximum Gasteiger partial charge on any atom is 0.179 e. The van der Waals surface area contributed by atoms with Crippen LogP contribution in [0.25, 0.3) is 16.8 Å². The quantitative estimate of drug-likeness (QED) is 0.645. The van der Waals surface area contributed by atoms with Crippen molar-refractivity contribution in [3.8, 4) is 0 Å². The molecule has 4 rings (SSSR count). The number of hydrogen-bond donors (Lipinski definition) is 1. The van der Waals surface area contributed by atoms with E-state index in [1.807, 2.05) is 12.3 Å². The second-order valence-electron chi connectivity index (χ2n) is 4.00. The highest BCUT2D eigenvalue weighted by Crippen LogP contribution is 2.39. The highest BCUT2D eigenvalue weighted by atomic mass is 15.3. The van der Waals surface area contributed by atoms with Crippen molar-refractivity contribution in [1.82, 2.24) is 24.6 Å². The van der Waals surface area contributed by atoms with Gasteiger partial charge in [0.05, 0.1) is 11.7 Å². The third-order valence-electron chi connectivity index (χ3n) is 2.91. The third-order valence-corrected chi connectivity index (χ3v) is 2.91. The van der Waals surface area contributed by atoms with Crippen LogP contribution in [-0.2, 0) is 0 Å². The number of fused-ring (bicyclic) bond motifs is 3. The smallest absolute Gasteiger partial charge is 0.179 e. The molecule has 0 saturated heterocycles. The summed E-state index contributed by atoms with van der Waals surface area (Å²) in [5.74, 6) is 1.68. The van der Waals surface area contributed by atoms with Crippen LogP contribution in [-0.4, -0.2) is 24.6 Å². The molecule has 0 bridgehead atoms. The minimum Gasteiger partial charge on any atom is -0.345 e. The molecule has 0 amide bonds. The Kier molecular flexibility index (Phi) is 1.16. The van der Waals surface area contributed by atoms with E-state index < -0.39 is 0 Å². The second kappa shape index (κ2) is 2.36. The maximum absolute atomic E-state index is 4.28. The van der Waals surface area contributed by atoms with Crippen molar-refractivity contribution in [2.24, 2.45) is 0 Å². The fourth-order valence-electron chi connectivity index (χ4n) is 2.00. The van der Waals surface area contributed by atoms with Gasteiger partial charge in [0.25, 0.3) is 0 Å². The normalized spacial score (nSPS) is 16.5. The van der Waals surface area contributed by atoms with Gasteiger partial charge >= 0.3 is 0 Å². The second-order valence-corrected chi connectivity index (χ2v) is 4.00. The van der Waals surface area contributed by atoms with Gasteiger partial charge in [-0.05, 0) is 18.9 Å². The molecule has 1 saturated carbocycles. The van der Waals surface area contributed by atoms with Gasteiger partial charge in [-0.25, -0.2) is 4.98 Å². The summed E-state index contributed by atoms with van der Waals surface area (Å²) in [5, 5.41) is 8.39. The van der Waals surface area contributed by atoms with Crippen molar-refractivity contribution in [3.05, 3.63) is 24.3 Å². The Hall–Kier alpha value is -1.91. The van der Waals surface area contributed by atoms with Gasteiger partial charge < -0.3 is 4.98 Å². The number of aromatic nitrogens is 5. The van der Waals surface area contributed by atoms with Crippen molar-refractivity contribution in [2.45, 2.75) is 18.8 Å². The van der Waals surface area contributed by atoms with Crippen LogP contribution >= 0.6 is 0 Å². The molecule has 0 atom stereocenters. The summed E-state index contributed by atoms with van der Waals surface area (Å²) < 4.78 is 2.11. The van der Waals surface area contributed by atoms with Crippen LogP contribution in [0.1, 0.15) is 24.6 Å². The zero-order valence-corrected chi connectivity index (χ0v) is 8.01. The first-order valence-electron chi connectivity index (χ1n) is 5.10. The molecule has 1 fully saturated rings. The molecule has 0 radical (unpaired) electrons. The van der Waals surface area contributed by atoms with Gasteiger partial charge in [0.15, 0.2) is 11.3 Å². The van der Waals surface area contributed by atoms with Crippen molar-refractivity contribution >= 4 is 16.8 Å². The minimum absolute atomic E-state index is 0.598. The average molecular weight is 199 g/mol. The van der Waals surface area contributed by atoms with Crippen LogP contribution in [0.2, 0.25) is 0 Å². The molecule has 0 aliphatic heterocycles. The molecule has 0 unspecified atom stereocenters. The topological polar surface area (TPSA) is 58.9 Å². The van der Waals surface area contributed by atoms with Gasteiger partial charge in [0.2, 0.25) is 0 Å². The van der Waals surface area contributed by atoms with E-state index in [0.29, 0.717) is 5.92 Å². The molecule has 1 N–H and O–H groups in total. The molecule has 1 aliphatic carbocycles. The summed E-state index contributed by atoms with van der Waals surface area (Å²) in [6, 6.07) is 2.02. The largest absolute Gasteiger partial charge is 0.345 e. The molecule has 74 valence electrons. The van der Waals surface area contributed by atoms with Crippen LogP contribution in [0.3, 0.4) is 0 Å². The van der Waals surface area contributed by atoms with E-state index in [1.165, 1.54) is 12.8 Å². The van der Waals surface area contributed by atoms with E-state index in [2.05, 4.69) is 24.6 Å². The van der Waals surface area contributed by atoms with Crippen LogP contribution in [0.4, 0.5) is 0 Å². The number of hydrogen-bond acceptors (Lipinski definition) is 3. The lowest BCUT2D eigenvalue weighted by Gasteiger charge is -1.98. The predicted molar refractivity (Wildman–Crippen MR) is 54.6 cm³/mol. The lowest BCUT2D eigenvalue weighted by molar-refractivity contribution is 0.910. The molecule has 15 heavy (non-hydrogen) atoms. The zero-order chi connectivity index (χ0) is 9.83. The fraction of sp³-hybridized carbons (Fsp3) is 0.300. The first-order valence-corrected chi connectivity index (χ1v) is 5.10. The standard InChI is InChI=1S/C10H9N5/c1-2-6(1)10-14-13-8-5-12-9-7(15(8)10)3-4-11-9/h3-6,11H,1-2H2. The van der Waals surface area contributed by atoms with Crippen molar-refractivity contribution < 1.29 is 0 Å². The number of nitrogens with one attached hydrogen (secondary N) is 1. The molecule has 0 spiro atoms. The summed E-state index contributed by atoms with van der Waals surface area (Å²) >= 11 is 0. The highest BCUT2D eigenvalue weighted by molar-refractivity contribution is 5.74. The Bertz CT molecular complexity index is 646. The summed E-state index contributed by atoms with van der Waals surface area (Å²) in [6.45, 7) is 0. The van der Waals surface area contributed by atoms with E-state index in [-0.39, 0.29) is 0 Å². The Morgan fingerprint density at radius 2 is 2.27 bits per heavy atom. The lowest BCUT2D eigenvalue weighted by atomic mass is 10.4. The molecule has 3 aromatic rings. The average Bonchev–Trinajstić information content (AvgIpc) is 2.84. The van der Waals surface area contributed by atoms with Crippen molar-refractivity contribution in [3.63, 3.8) is 0 Å². The summed E-state index contributed by atoms with van der Waals surface area (Å²) in [5.41, 5.74) is 2.80. The van der Waals surface area contributed by atoms with Crippen LogP contribution in [0.15, 0.2) is 18.5 Å². The molecular formula is C10H9N5. The highest BCUT2D eigenvalue weighted by Gasteiger charge is 2.29. The SMILES string of the molecule is c1cc2c(ncc3nnc(C4CC4)n32)[nH]1. The molecular weight excluding hydrogens is 190 g/mol. The van der Waals surface area contributed by atoms with E-state index in [0.717, 1.165) is 22.6 Å². The molecule has 1 aliphatic rings. The summed E-state index contributed by atoms with van der Waals surface area (Å²) in [7, 11) is 0. The van der Waals surface area contributed by atoms with E-state index in [4.69, 9.17) is 0 Å². The molecule has 5 nitrogen and oxygen atoms in total. The van der Waals surface area contributed by atoms with Gasteiger partial charge in [-0.3, -0.25) is 4.40 Å². The lowest BCUT2D eigenvalue weighted by Crippen LogP contribution is -1.94. The maximum atomic E-state index is 4.28.